The van der Waals surface area contributed by atoms with Gasteiger partial charge in [0, 0.05) is 29.6 Å². The lowest BCUT2D eigenvalue weighted by Gasteiger charge is -2.33. The zero-order chi connectivity index (χ0) is 18.4. The summed E-state index contributed by atoms with van der Waals surface area (Å²) in [7, 11) is 0. The highest BCUT2D eigenvalue weighted by Gasteiger charge is 2.25. The van der Waals surface area contributed by atoms with Gasteiger partial charge in [-0.25, -0.2) is 9.59 Å². The number of benzene rings is 1. The molecule has 3 N–H and O–H groups in total. The average molecular weight is 423 g/mol. The van der Waals surface area contributed by atoms with Crippen molar-refractivity contribution < 1.29 is 9.59 Å². The van der Waals surface area contributed by atoms with Crippen LogP contribution >= 0.6 is 15.9 Å². The second-order valence-electron chi connectivity index (χ2n) is 7.12. The van der Waals surface area contributed by atoms with Crippen molar-refractivity contribution in [2.75, 3.05) is 18.4 Å². The quantitative estimate of drug-likeness (QED) is 0.686. The van der Waals surface area contributed by atoms with Gasteiger partial charge in [0.25, 0.3) is 0 Å². The lowest BCUT2D eigenvalue weighted by atomic mass is 9.96. The van der Waals surface area contributed by atoms with E-state index in [0.29, 0.717) is 19.1 Å². The van der Waals surface area contributed by atoms with E-state index < -0.39 is 0 Å². The second kappa shape index (κ2) is 9.26. The number of hydrogen-bond acceptors (Lipinski definition) is 2. The van der Waals surface area contributed by atoms with Crippen LogP contribution in [0.4, 0.5) is 15.3 Å². The first kappa shape index (κ1) is 19.0. The molecule has 0 atom stereocenters. The Morgan fingerprint density at radius 2 is 1.54 bits per heavy atom. The molecule has 0 aromatic heterocycles. The van der Waals surface area contributed by atoms with Gasteiger partial charge in [0.2, 0.25) is 0 Å². The zero-order valence-electron chi connectivity index (χ0n) is 15.0. The number of carbonyl (C=O) groups is 2. The molecule has 4 amide bonds. The first-order valence-corrected chi connectivity index (χ1v) is 10.3. The molecule has 0 unspecified atom stereocenters. The molecule has 1 heterocycles. The Hall–Kier alpha value is -1.76. The zero-order valence-corrected chi connectivity index (χ0v) is 16.6. The maximum atomic E-state index is 12.4. The Kier molecular flexibility index (Phi) is 6.77. The summed E-state index contributed by atoms with van der Waals surface area (Å²) >= 11 is 3.44. The molecular weight excluding hydrogens is 396 g/mol. The molecule has 2 fully saturated rings. The number of carbonyl (C=O) groups excluding carboxylic acids is 2. The summed E-state index contributed by atoms with van der Waals surface area (Å²) in [5.41, 5.74) is 0.768. The van der Waals surface area contributed by atoms with Gasteiger partial charge in [0.05, 0.1) is 5.69 Å². The smallest absolute Gasteiger partial charge is 0.321 e. The lowest BCUT2D eigenvalue weighted by Crippen LogP contribution is -2.51. The first-order chi connectivity index (χ1) is 12.6. The van der Waals surface area contributed by atoms with Gasteiger partial charge in [-0.1, -0.05) is 31.4 Å². The number of nitrogens with zero attached hydrogens (tertiary/aromatic N) is 1. The minimum atomic E-state index is -0.0954. The molecule has 142 valence electrons. The predicted octanol–water partition coefficient (Wildman–Crippen LogP) is 4.08. The maximum Gasteiger partial charge on any atom is 0.321 e. The van der Waals surface area contributed by atoms with Crippen molar-refractivity contribution in [3.8, 4) is 0 Å². The Labute approximate surface area is 163 Å². The van der Waals surface area contributed by atoms with E-state index in [0.717, 1.165) is 35.8 Å². The SMILES string of the molecule is O=C(NC1CCCCC1)NC1CCN(C(=O)Nc2ccccc2Br)CC1. The summed E-state index contributed by atoms with van der Waals surface area (Å²) in [5, 5.41) is 9.09. The van der Waals surface area contributed by atoms with Gasteiger partial charge in [0.1, 0.15) is 0 Å². The molecule has 1 aromatic carbocycles. The van der Waals surface area contributed by atoms with Gasteiger partial charge in [-0.15, -0.1) is 0 Å². The van der Waals surface area contributed by atoms with Crippen LogP contribution in [0.3, 0.4) is 0 Å². The Morgan fingerprint density at radius 1 is 0.923 bits per heavy atom. The Balaban J connectivity index is 1.40. The van der Waals surface area contributed by atoms with Crippen molar-refractivity contribution in [3.05, 3.63) is 28.7 Å². The number of likely N-dealkylation sites (tertiary alicyclic amines) is 1. The highest BCUT2D eigenvalue weighted by atomic mass is 79.9. The third-order valence-corrected chi connectivity index (χ3v) is 5.86. The van der Waals surface area contributed by atoms with Crippen LogP contribution in [0.25, 0.3) is 0 Å². The van der Waals surface area contributed by atoms with Crippen LogP contribution in [0.5, 0.6) is 0 Å². The van der Waals surface area contributed by atoms with Gasteiger partial charge in [-0.3, -0.25) is 0 Å². The van der Waals surface area contributed by atoms with E-state index in [1.54, 1.807) is 4.90 Å². The third kappa shape index (κ3) is 5.37. The highest BCUT2D eigenvalue weighted by molar-refractivity contribution is 9.10. The number of nitrogens with one attached hydrogen (secondary N) is 3. The van der Waals surface area contributed by atoms with E-state index in [1.165, 1.54) is 19.3 Å². The molecule has 26 heavy (non-hydrogen) atoms. The van der Waals surface area contributed by atoms with E-state index in [2.05, 4.69) is 31.9 Å². The molecule has 6 nitrogen and oxygen atoms in total. The number of anilines is 1. The normalized spacial score (nSPS) is 19.0. The van der Waals surface area contributed by atoms with Gasteiger partial charge >= 0.3 is 12.1 Å². The van der Waals surface area contributed by atoms with Crippen molar-refractivity contribution in [2.45, 2.75) is 57.0 Å². The fourth-order valence-electron chi connectivity index (χ4n) is 3.64. The van der Waals surface area contributed by atoms with E-state index in [1.807, 2.05) is 24.3 Å². The molecule has 1 saturated carbocycles. The molecule has 3 rings (SSSR count). The van der Waals surface area contributed by atoms with Gasteiger partial charge < -0.3 is 20.9 Å². The average Bonchev–Trinajstić information content (AvgIpc) is 2.65. The standard InChI is InChI=1S/C19H27BrN4O2/c20-16-8-4-5-9-17(16)23-19(26)24-12-10-15(11-13-24)22-18(25)21-14-6-2-1-3-7-14/h4-5,8-9,14-15H,1-3,6-7,10-13H2,(H,23,26)(H2,21,22,25). The van der Waals surface area contributed by atoms with Crippen LogP contribution in [0.15, 0.2) is 28.7 Å². The minimum absolute atomic E-state index is 0.0620. The molecule has 0 radical (unpaired) electrons. The molecule has 1 aromatic rings. The third-order valence-electron chi connectivity index (χ3n) is 5.17. The van der Waals surface area contributed by atoms with E-state index in [9.17, 15) is 9.59 Å². The van der Waals surface area contributed by atoms with E-state index in [-0.39, 0.29) is 18.1 Å². The number of urea groups is 2. The van der Waals surface area contributed by atoms with Crippen molar-refractivity contribution >= 4 is 33.7 Å². The van der Waals surface area contributed by atoms with Crippen molar-refractivity contribution in [3.63, 3.8) is 0 Å². The molecular formula is C19H27BrN4O2. The lowest BCUT2D eigenvalue weighted by molar-refractivity contribution is 0.186. The number of para-hydroxylation sites is 1. The van der Waals surface area contributed by atoms with Crippen LogP contribution < -0.4 is 16.0 Å². The molecule has 2 aliphatic rings. The van der Waals surface area contributed by atoms with Crippen LogP contribution in [0.2, 0.25) is 0 Å². The molecule has 7 heteroatoms. The summed E-state index contributed by atoms with van der Waals surface area (Å²) in [5.74, 6) is 0. The van der Waals surface area contributed by atoms with Gasteiger partial charge in [0.15, 0.2) is 0 Å². The topological polar surface area (TPSA) is 73.5 Å². The van der Waals surface area contributed by atoms with Crippen LogP contribution in [0.1, 0.15) is 44.9 Å². The fraction of sp³-hybridized carbons (Fsp3) is 0.579. The predicted molar refractivity (Wildman–Crippen MR) is 106 cm³/mol. The number of hydrogen-bond donors (Lipinski definition) is 3. The Bertz CT molecular complexity index is 626. The van der Waals surface area contributed by atoms with Crippen molar-refractivity contribution in [2.24, 2.45) is 0 Å². The van der Waals surface area contributed by atoms with Gasteiger partial charge in [-0.2, -0.15) is 0 Å². The molecule has 0 bridgehead atoms. The number of piperidine rings is 1. The largest absolute Gasteiger partial charge is 0.335 e. The minimum Gasteiger partial charge on any atom is -0.335 e. The summed E-state index contributed by atoms with van der Waals surface area (Å²) in [6, 6.07) is 7.86. The number of rotatable bonds is 3. The van der Waals surface area contributed by atoms with Crippen molar-refractivity contribution in [1.29, 1.82) is 0 Å². The molecule has 1 saturated heterocycles. The molecule has 1 aliphatic heterocycles. The van der Waals surface area contributed by atoms with E-state index >= 15 is 0 Å². The maximum absolute atomic E-state index is 12.4. The van der Waals surface area contributed by atoms with Crippen molar-refractivity contribution in [1.82, 2.24) is 15.5 Å². The van der Waals surface area contributed by atoms with Crippen LogP contribution in [0, 0.1) is 0 Å². The fourth-order valence-corrected chi connectivity index (χ4v) is 4.03. The highest BCUT2D eigenvalue weighted by Crippen LogP contribution is 2.22. The summed E-state index contributed by atoms with van der Waals surface area (Å²) in [4.78, 5) is 26.4. The molecule has 1 aliphatic carbocycles. The summed E-state index contributed by atoms with van der Waals surface area (Å²) in [6.07, 6.45) is 7.41. The first-order valence-electron chi connectivity index (χ1n) is 9.49. The number of amides is 4. The second-order valence-corrected chi connectivity index (χ2v) is 7.98. The van der Waals surface area contributed by atoms with E-state index in [4.69, 9.17) is 0 Å². The van der Waals surface area contributed by atoms with Crippen LogP contribution in [-0.4, -0.2) is 42.1 Å². The Morgan fingerprint density at radius 3 is 2.19 bits per heavy atom. The summed E-state index contributed by atoms with van der Waals surface area (Å²) < 4.78 is 0.865. The summed E-state index contributed by atoms with van der Waals surface area (Å²) in [6.45, 7) is 1.29. The van der Waals surface area contributed by atoms with Crippen LogP contribution in [-0.2, 0) is 0 Å². The van der Waals surface area contributed by atoms with Gasteiger partial charge in [-0.05, 0) is 53.7 Å². The number of halogens is 1. The molecule has 0 spiro atoms. The monoisotopic (exact) mass is 422 g/mol.